The van der Waals surface area contributed by atoms with E-state index < -0.39 is 0 Å². The maximum absolute atomic E-state index is 3.65. The lowest BCUT2D eigenvalue weighted by molar-refractivity contribution is 0.821. The highest BCUT2D eigenvalue weighted by molar-refractivity contribution is 5.59. The molecule has 0 fully saturated rings. The summed E-state index contributed by atoms with van der Waals surface area (Å²) in [6.07, 6.45) is 2.22. The molecule has 1 heteroatoms. The lowest BCUT2D eigenvalue weighted by Crippen LogP contribution is -2.06. The van der Waals surface area contributed by atoms with Crippen LogP contribution in [0.25, 0.3) is 0 Å². The molecule has 1 heterocycles. The Kier molecular flexibility index (Phi) is 3.06. The summed E-state index contributed by atoms with van der Waals surface area (Å²) < 4.78 is 0. The maximum atomic E-state index is 3.65. The summed E-state index contributed by atoms with van der Waals surface area (Å²) in [6, 6.07) is 14.0. The zero-order valence-corrected chi connectivity index (χ0v) is 12.0. The predicted molar refractivity (Wildman–Crippen MR) is 81.8 cm³/mol. The number of hydrogen-bond acceptors (Lipinski definition) is 1. The Hall–Kier alpha value is -1.76. The fraction of sp³-hybridized carbons (Fsp3) is 0.333. The van der Waals surface area contributed by atoms with Gasteiger partial charge in [0.15, 0.2) is 0 Å². The average molecular weight is 251 g/mol. The van der Waals surface area contributed by atoms with E-state index in [0.29, 0.717) is 6.04 Å². The molecule has 0 saturated carbocycles. The van der Waals surface area contributed by atoms with Crippen LogP contribution in [-0.4, -0.2) is 0 Å². The molecule has 19 heavy (non-hydrogen) atoms. The molecule has 0 spiro atoms. The first-order valence-electron chi connectivity index (χ1n) is 7.13. The van der Waals surface area contributed by atoms with E-state index in [4.69, 9.17) is 0 Å². The van der Waals surface area contributed by atoms with Gasteiger partial charge in [0.1, 0.15) is 0 Å². The first kappa shape index (κ1) is 12.3. The largest absolute Gasteiger partial charge is 0.378 e. The molecular weight excluding hydrogens is 230 g/mol. The summed E-state index contributed by atoms with van der Waals surface area (Å²) >= 11 is 0. The minimum atomic E-state index is 0.432. The van der Waals surface area contributed by atoms with Crippen molar-refractivity contribution in [3.8, 4) is 0 Å². The molecule has 0 saturated heterocycles. The summed E-state index contributed by atoms with van der Waals surface area (Å²) in [5.74, 6) is 0. The molecule has 2 aromatic rings. The van der Waals surface area contributed by atoms with Crippen molar-refractivity contribution in [3.05, 3.63) is 64.2 Å². The normalized spacial score (nSPS) is 17.1. The molecule has 3 rings (SSSR count). The third-order valence-corrected chi connectivity index (χ3v) is 4.27. The Labute approximate surface area is 115 Å². The summed E-state index contributed by atoms with van der Waals surface area (Å²) in [6.45, 7) is 6.57. The van der Waals surface area contributed by atoms with E-state index in [1.165, 1.54) is 33.5 Å². The van der Waals surface area contributed by atoms with Crippen LogP contribution < -0.4 is 5.32 Å². The molecule has 1 aliphatic heterocycles. The summed E-state index contributed by atoms with van der Waals surface area (Å²) in [5, 5.41) is 3.65. The minimum absolute atomic E-state index is 0.432. The van der Waals surface area contributed by atoms with Crippen LogP contribution in [0.5, 0.6) is 0 Å². The quantitative estimate of drug-likeness (QED) is 0.824. The SMILES string of the molecule is CCc1ccc2c(c1)CC(c1ccc(C)c(C)c1)N2. The van der Waals surface area contributed by atoms with Crippen LogP contribution >= 0.6 is 0 Å². The van der Waals surface area contributed by atoms with Crippen LogP contribution in [0.1, 0.15) is 40.8 Å². The fourth-order valence-corrected chi connectivity index (χ4v) is 2.82. The minimum Gasteiger partial charge on any atom is -0.378 e. The van der Waals surface area contributed by atoms with Gasteiger partial charge in [-0.2, -0.15) is 0 Å². The molecule has 0 aromatic heterocycles. The summed E-state index contributed by atoms with van der Waals surface area (Å²) in [7, 11) is 0. The Morgan fingerprint density at radius 2 is 1.89 bits per heavy atom. The highest BCUT2D eigenvalue weighted by Gasteiger charge is 2.22. The topological polar surface area (TPSA) is 12.0 Å². The monoisotopic (exact) mass is 251 g/mol. The number of nitrogens with one attached hydrogen (secondary N) is 1. The van der Waals surface area contributed by atoms with Crippen LogP contribution in [0.3, 0.4) is 0 Å². The van der Waals surface area contributed by atoms with Crippen molar-refractivity contribution >= 4 is 5.69 Å². The Morgan fingerprint density at radius 3 is 2.63 bits per heavy atom. The van der Waals surface area contributed by atoms with Crippen LogP contribution in [-0.2, 0) is 12.8 Å². The Morgan fingerprint density at radius 1 is 1.05 bits per heavy atom. The number of rotatable bonds is 2. The highest BCUT2D eigenvalue weighted by atomic mass is 14.9. The zero-order chi connectivity index (χ0) is 13.4. The van der Waals surface area contributed by atoms with Crippen LogP contribution in [0, 0.1) is 13.8 Å². The Balaban J connectivity index is 1.88. The lowest BCUT2D eigenvalue weighted by Gasteiger charge is -2.13. The van der Waals surface area contributed by atoms with Crippen molar-refractivity contribution in [1.29, 1.82) is 0 Å². The van der Waals surface area contributed by atoms with E-state index >= 15 is 0 Å². The second-order valence-corrected chi connectivity index (χ2v) is 5.59. The third-order valence-electron chi connectivity index (χ3n) is 4.27. The van der Waals surface area contributed by atoms with Crippen molar-refractivity contribution in [2.75, 3.05) is 5.32 Å². The van der Waals surface area contributed by atoms with Gasteiger partial charge in [0.2, 0.25) is 0 Å². The number of hydrogen-bond donors (Lipinski definition) is 1. The molecule has 1 atom stereocenters. The van der Waals surface area contributed by atoms with Gasteiger partial charge in [-0.15, -0.1) is 0 Å². The van der Waals surface area contributed by atoms with Gasteiger partial charge in [-0.25, -0.2) is 0 Å². The van der Waals surface area contributed by atoms with Crippen molar-refractivity contribution in [3.63, 3.8) is 0 Å². The molecule has 98 valence electrons. The molecule has 1 N–H and O–H groups in total. The first-order chi connectivity index (χ1) is 9.17. The van der Waals surface area contributed by atoms with E-state index in [1.807, 2.05) is 0 Å². The molecule has 0 amide bonds. The number of aryl methyl sites for hydroxylation is 3. The molecule has 0 aliphatic carbocycles. The summed E-state index contributed by atoms with van der Waals surface area (Å²) in [5.41, 5.74) is 8.35. The molecule has 0 bridgehead atoms. The van der Waals surface area contributed by atoms with Gasteiger partial charge in [-0.3, -0.25) is 0 Å². The van der Waals surface area contributed by atoms with Crippen molar-refractivity contribution in [2.24, 2.45) is 0 Å². The lowest BCUT2D eigenvalue weighted by atomic mass is 9.98. The number of anilines is 1. The van der Waals surface area contributed by atoms with Gasteiger partial charge < -0.3 is 5.32 Å². The fourth-order valence-electron chi connectivity index (χ4n) is 2.82. The van der Waals surface area contributed by atoms with E-state index in [-0.39, 0.29) is 0 Å². The highest BCUT2D eigenvalue weighted by Crippen LogP contribution is 2.35. The second kappa shape index (κ2) is 4.73. The number of benzene rings is 2. The molecule has 1 unspecified atom stereocenters. The second-order valence-electron chi connectivity index (χ2n) is 5.59. The van der Waals surface area contributed by atoms with E-state index in [1.54, 1.807) is 0 Å². The van der Waals surface area contributed by atoms with Gasteiger partial charge in [0.25, 0.3) is 0 Å². The molecule has 2 aromatic carbocycles. The first-order valence-corrected chi connectivity index (χ1v) is 7.13. The van der Waals surface area contributed by atoms with E-state index in [0.717, 1.165) is 12.8 Å². The van der Waals surface area contributed by atoms with Crippen molar-refractivity contribution < 1.29 is 0 Å². The van der Waals surface area contributed by atoms with Crippen molar-refractivity contribution in [1.82, 2.24) is 0 Å². The third kappa shape index (κ3) is 2.25. The maximum Gasteiger partial charge on any atom is 0.0555 e. The van der Waals surface area contributed by atoms with Crippen molar-refractivity contribution in [2.45, 2.75) is 39.7 Å². The van der Waals surface area contributed by atoms with Crippen LogP contribution in [0.15, 0.2) is 36.4 Å². The summed E-state index contributed by atoms with van der Waals surface area (Å²) in [4.78, 5) is 0. The van der Waals surface area contributed by atoms with Gasteiger partial charge in [-0.1, -0.05) is 37.3 Å². The van der Waals surface area contributed by atoms with Gasteiger partial charge in [-0.05, 0) is 60.6 Å². The predicted octanol–water partition coefficient (Wildman–Crippen LogP) is 4.58. The smallest absolute Gasteiger partial charge is 0.0555 e. The van der Waals surface area contributed by atoms with Gasteiger partial charge in [0.05, 0.1) is 6.04 Å². The molecular formula is C18H21N. The van der Waals surface area contributed by atoms with Gasteiger partial charge in [0, 0.05) is 5.69 Å². The average Bonchev–Trinajstić information content (AvgIpc) is 2.84. The van der Waals surface area contributed by atoms with Crippen LogP contribution in [0.2, 0.25) is 0 Å². The Bertz CT molecular complexity index is 613. The molecule has 1 aliphatic rings. The van der Waals surface area contributed by atoms with E-state index in [9.17, 15) is 0 Å². The molecule has 1 nitrogen and oxygen atoms in total. The van der Waals surface area contributed by atoms with E-state index in [2.05, 4.69) is 62.5 Å². The standard InChI is InChI=1S/C18H21N/c1-4-14-6-8-17-16(10-14)11-18(19-17)15-7-5-12(2)13(3)9-15/h5-10,18-19H,4,11H2,1-3H3. The number of fused-ring (bicyclic) bond motifs is 1. The molecule has 0 radical (unpaired) electrons. The van der Waals surface area contributed by atoms with Crippen LogP contribution in [0.4, 0.5) is 5.69 Å². The van der Waals surface area contributed by atoms with Gasteiger partial charge >= 0.3 is 0 Å². The zero-order valence-electron chi connectivity index (χ0n) is 12.0.